The van der Waals surface area contributed by atoms with Crippen LogP contribution in [-0.4, -0.2) is 18.2 Å². The van der Waals surface area contributed by atoms with E-state index in [1.165, 1.54) is 116 Å². The third kappa shape index (κ3) is 11.5. The summed E-state index contributed by atoms with van der Waals surface area (Å²) in [6.45, 7) is 5.21. The summed E-state index contributed by atoms with van der Waals surface area (Å²) in [5.41, 5.74) is 1.33. The predicted octanol–water partition coefficient (Wildman–Crippen LogP) is 10.4. The van der Waals surface area contributed by atoms with E-state index in [0.29, 0.717) is 12.1 Å². The fraction of sp³-hybridized carbons (Fsp3) is 0.750. The molecule has 0 saturated heterocycles. The van der Waals surface area contributed by atoms with Crippen LogP contribution in [0.3, 0.4) is 0 Å². The molecule has 1 heterocycles. The van der Waals surface area contributed by atoms with Crippen molar-refractivity contribution in [1.29, 1.82) is 0 Å². The van der Waals surface area contributed by atoms with Gasteiger partial charge in [0.2, 0.25) is 0 Å². The predicted molar refractivity (Wildman–Crippen MR) is 158 cm³/mol. The Balaban J connectivity index is 1.75. The molecule has 0 radical (unpaired) electrons. The number of benzene rings is 1. The molecule has 1 aromatic carbocycles. The minimum absolute atomic E-state index is 0.355. The molecule has 0 N–H and O–H groups in total. The number of hydrogen-bond acceptors (Lipinski definition) is 2. The first-order valence-electron chi connectivity index (χ1n) is 15.2. The first kappa shape index (κ1) is 31.1. The molecule has 0 aromatic heterocycles. The monoisotopic (exact) mass is 561 g/mol. The highest BCUT2D eigenvalue weighted by Crippen LogP contribution is 2.32. The molecule has 0 atom stereocenters. The minimum Gasteiger partial charge on any atom is -0.305 e. The summed E-state index contributed by atoms with van der Waals surface area (Å²) in [4.78, 5) is 26.7. The number of anilines is 1. The molecule has 204 valence electrons. The number of Topliss-reactive ketones (excluding diaryl/α,β-unsaturated/α-hetero) is 1. The minimum atomic E-state index is -0.356. The molecule has 1 amide bonds. The molecule has 0 saturated carbocycles. The summed E-state index contributed by atoms with van der Waals surface area (Å²) >= 11 is 3.49. The molecule has 0 aliphatic carbocycles. The van der Waals surface area contributed by atoms with Gasteiger partial charge >= 0.3 is 0 Å². The number of amides is 1. The number of halogens is 1. The molecule has 0 spiro atoms. The highest BCUT2D eigenvalue weighted by molar-refractivity contribution is 9.10. The second kappa shape index (κ2) is 19.0. The molecule has 0 fully saturated rings. The second-order valence-electron chi connectivity index (χ2n) is 11.0. The smallest absolute Gasteiger partial charge is 0.299 e. The molecule has 1 aliphatic rings. The molecule has 1 aromatic rings. The summed E-state index contributed by atoms with van der Waals surface area (Å²) < 4.78 is 0.913. The third-order valence-electron chi connectivity index (χ3n) is 7.86. The van der Waals surface area contributed by atoms with Gasteiger partial charge in [0.25, 0.3) is 11.7 Å². The third-order valence-corrected chi connectivity index (χ3v) is 8.35. The van der Waals surface area contributed by atoms with E-state index in [1.807, 2.05) is 12.1 Å². The van der Waals surface area contributed by atoms with Gasteiger partial charge in [0.1, 0.15) is 0 Å². The van der Waals surface area contributed by atoms with Gasteiger partial charge in [0.05, 0.1) is 11.3 Å². The van der Waals surface area contributed by atoms with E-state index in [1.54, 1.807) is 11.0 Å². The van der Waals surface area contributed by atoms with Crippen LogP contribution in [0.1, 0.15) is 153 Å². The molecule has 4 heteroatoms. The van der Waals surface area contributed by atoms with Crippen LogP contribution in [0.2, 0.25) is 0 Å². The summed E-state index contributed by atoms with van der Waals surface area (Å²) in [6.07, 6.45) is 26.7. The van der Waals surface area contributed by atoms with Gasteiger partial charge in [-0.15, -0.1) is 0 Å². The number of carbonyl (C=O) groups is 2. The van der Waals surface area contributed by atoms with Gasteiger partial charge in [-0.1, -0.05) is 145 Å². The van der Waals surface area contributed by atoms with Gasteiger partial charge in [0.15, 0.2) is 0 Å². The Hall–Kier alpha value is -1.16. The molecule has 0 unspecified atom stereocenters. The molecule has 1 aliphatic heterocycles. The number of hydrogen-bond donors (Lipinski definition) is 0. The first-order valence-corrected chi connectivity index (χ1v) is 16.0. The van der Waals surface area contributed by atoms with Crippen molar-refractivity contribution in [3.8, 4) is 0 Å². The van der Waals surface area contributed by atoms with Gasteiger partial charge in [-0.3, -0.25) is 9.59 Å². The molecule has 2 rings (SSSR count). The van der Waals surface area contributed by atoms with Crippen molar-refractivity contribution in [2.24, 2.45) is 5.92 Å². The van der Waals surface area contributed by atoms with Crippen molar-refractivity contribution in [3.63, 3.8) is 0 Å². The lowest BCUT2D eigenvalue weighted by molar-refractivity contribution is -0.114. The zero-order chi connectivity index (χ0) is 26.0. The van der Waals surface area contributed by atoms with E-state index in [4.69, 9.17) is 0 Å². The van der Waals surface area contributed by atoms with E-state index in [2.05, 4.69) is 29.8 Å². The Kier molecular flexibility index (Phi) is 16.4. The topological polar surface area (TPSA) is 37.4 Å². The van der Waals surface area contributed by atoms with E-state index in [-0.39, 0.29) is 11.7 Å². The van der Waals surface area contributed by atoms with Crippen LogP contribution in [0.25, 0.3) is 0 Å². The van der Waals surface area contributed by atoms with E-state index < -0.39 is 0 Å². The molecule has 0 bridgehead atoms. The molecule has 36 heavy (non-hydrogen) atoms. The maximum Gasteiger partial charge on any atom is 0.299 e. The Labute approximate surface area is 230 Å². The average molecular weight is 563 g/mol. The van der Waals surface area contributed by atoms with Crippen LogP contribution in [0.15, 0.2) is 22.7 Å². The van der Waals surface area contributed by atoms with E-state index in [9.17, 15) is 9.59 Å². The fourth-order valence-corrected chi connectivity index (χ4v) is 5.94. The van der Waals surface area contributed by atoms with Crippen LogP contribution in [-0.2, 0) is 4.79 Å². The number of rotatable bonds is 22. The molecule has 3 nitrogen and oxygen atoms in total. The normalized spacial score (nSPS) is 13.3. The highest BCUT2D eigenvalue weighted by Gasteiger charge is 2.35. The Morgan fingerprint density at radius 2 is 1.14 bits per heavy atom. The summed E-state index contributed by atoms with van der Waals surface area (Å²) in [5.74, 6) is 0.0401. The first-order chi connectivity index (χ1) is 17.6. The lowest BCUT2D eigenvalue weighted by atomic mass is 9.90. The van der Waals surface area contributed by atoms with Crippen LogP contribution in [0, 0.1) is 5.92 Å². The van der Waals surface area contributed by atoms with Gasteiger partial charge < -0.3 is 4.90 Å². The summed E-state index contributed by atoms with van der Waals surface area (Å²) in [6, 6.07) is 5.53. The van der Waals surface area contributed by atoms with Crippen molar-refractivity contribution in [2.75, 3.05) is 11.4 Å². The maximum absolute atomic E-state index is 12.6. The fourth-order valence-electron chi connectivity index (χ4n) is 5.59. The van der Waals surface area contributed by atoms with Crippen LogP contribution >= 0.6 is 15.9 Å². The number of unbranched alkanes of at least 4 members (excludes halogenated alkanes) is 14. The lowest BCUT2D eigenvalue weighted by Crippen LogP contribution is -2.30. The number of ketones is 1. The van der Waals surface area contributed by atoms with Crippen molar-refractivity contribution >= 4 is 33.3 Å². The largest absolute Gasteiger partial charge is 0.305 e. The summed E-state index contributed by atoms with van der Waals surface area (Å²) in [5, 5.41) is 0. The number of carbonyl (C=O) groups excluding carboxylic acids is 2. The van der Waals surface area contributed by atoms with Crippen LogP contribution in [0.5, 0.6) is 0 Å². The number of fused-ring (bicyclic) bond motifs is 1. The second-order valence-corrected chi connectivity index (χ2v) is 11.9. The SMILES string of the molecule is CCCCCCCCCCC(CCCCCCCCCC)CCCN1C(=O)C(=O)c2ccc(Br)cc21. The van der Waals surface area contributed by atoms with Gasteiger partial charge in [-0.25, -0.2) is 0 Å². The van der Waals surface area contributed by atoms with E-state index in [0.717, 1.165) is 28.9 Å². The summed E-state index contributed by atoms with van der Waals surface area (Å²) in [7, 11) is 0. The van der Waals surface area contributed by atoms with Crippen LogP contribution < -0.4 is 4.90 Å². The van der Waals surface area contributed by atoms with Gasteiger partial charge in [-0.2, -0.15) is 0 Å². The quantitative estimate of drug-likeness (QED) is 0.104. The Morgan fingerprint density at radius 1 is 0.667 bits per heavy atom. The Morgan fingerprint density at radius 3 is 1.67 bits per heavy atom. The average Bonchev–Trinajstić information content (AvgIpc) is 3.10. The van der Waals surface area contributed by atoms with Gasteiger partial charge in [-0.05, 0) is 37.0 Å². The van der Waals surface area contributed by atoms with E-state index >= 15 is 0 Å². The maximum atomic E-state index is 12.6. The van der Waals surface area contributed by atoms with Crippen LogP contribution in [0.4, 0.5) is 5.69 Å². The standard InChI is InChI=1S/C32H52BrNO2/c1-3-5-7-9-11-13-15-17-20-27(21-18-16-14-12-10-8-6-4-2)22-19-25-34-30-26-28(33)23-24-29(30)31(35)32(34)36/h23-24,26-27H,3-22,25H2,1-2H3. The van der Waals surface area contributed by atoms with Crippen molar-refractivity contribution < 1.29 is 9.59 Å². The van der Waals surface area contributed by atoms with Crippen molar-refractivity contribution in [1.82, 2.24) is 0 Å². The lowest BCUT2D eigenvalue weighted by Gasteiger charge is -2.20. The highest BCUT2D eigenvalue weighted by atomic mass is 79.9. The van der Waals surface area contributed by atoms with Crippen molar-refractivity contribution in [3.05, 3.63) is 28.2 Å². The zero-order valence-corrected chi connectivity index (χ0v) is 24.9. The van der Waals surface area contributed by atoms with Crippen molar-refractivity contribution in [2.45, 2.75) is 142 Å². The van der Waals surface area contributed by atoms with Gasteiger partial charge in [0, 0.05) is 11.0 Å². The molecular formula is C32H52BrNO2. The zero-order valence-electron chi connectivity index (χ0n) is 23.3. The Bertz CT molecular complexity index is 743. The molecular weight excluding hydrogens is 510 g/mol. The number of nitrogens with zero attached hydrogens (tertiary/aromatic N) is 1.